The molecule has 1 radical (unpaired) electrons. The summed E-state index contributed by atoms with van der Waals surface area (Å²) in [5, 5.41) is 0. The van der Waals surface area contributed by atoms with Crippen molar-refractivity contribution >= 4 is 0 Å². The van der Waals surface area contributed by atoms with Crippen LogP contribution in [0.3, 0.4) is 0 Å². The first-order valence-corrected chi connectivity index (χ1v) is 4.45. The number of rotatable bonds is 0. The minimum Gasteiger partial charge on any atom is -0.0622 e. The molecule has 2 aliphatic rings. The first-order chi connectivity index (χ1) is 4.62. The average Bonchev–Trinajstić information content (AvgIpc) is 2.36. The van der Waals surface area contributed by atoms with Gasteiger partial charge in [0.05, 0.1) is 0 Å². The van der Waals surface area contributed by atoms with Crippen LogP contribution in [0.4, 0.5) is 0 Å². The van der Waals surface area contributed by atoms with Gasteiger partial charge < -0.3 is 0 Å². The molecular weight excluding hydrogens is 120 g/mol. The Bertz CT molecular complexity index is 146. The van der Waals surface area contributed by atoms with Crippen molar-refractivity contribution < 1.29 is 0 Å². The van der Waals surface area contributed by atoms with Gasteiger partial charge in [-0.25, -0.2) is 0 Å². The maximum Gasteiger partial charge on any atom is -0.0292 e. The topological polar surface area (TPSA) is 0 Å². The quantitative estimate of drug-likeness (QED) is 0.481. The summed E-state index contributed by atoms with van der Waals surface area (Å²) in [7, 11) is 0. The molecule has 0 nitrogen and oxygen atoms in total. The Labute approximate surface area is 64.0 Å². The van der Waals surface area contributed by atoms with E-state index in [4.69, 9.17) is 0 Å². The highest BCUT2D eigenvalue weighted by molar-refractivity contribution is 5.10. The van der Waals surface area contributed by atoms with E-state index >= 15 is 0 Å². The van der Waals surface area contributed by atoms with Crippen LogP contribution in [-0.2, 0) is 0 Å². The van der Waals surface area contributed by atoms with Gasteiger partial charge in [0, 0.05) is 0 Å². The maximum atomic E-state index is 2.51. The molecule has 0 saturated heterocycles. The zero-order valence-electron chi connectivity index (χ0n) is 7.22. The van der Waals surface area contributed by atoms with E-state index < -0.39 is 0 Å². The molecule has 0 amide bonds. The monoisotopic (exact) mass is 137 g/mol. The molecule has 0 aromatic carbocycles. The first-order valence-electron chi connectivity index (χ1n) is 4.45. The lowest BCUT2D eigenvalue weighted by atomic mass is 9.91. The molecule has 0 bridgehead atoms. The van der Waals surface area contributed by atoms with E-state index in [0.717, 1.165) is 17.8 Å². The molecule has 0 aliphatic heterocycles. The normalized spacial score (nSPS) is 50.1. The van der Waals surface area contributed by atoms with Gasteiger partial charge in [-0.05, 0) is 42.4 Å². The van der Waals surface area contributed by atoms with Gasteiger partial charge in [0.25, 0.3) is 0 Å². The molecule has 3 unspecified atom stereocenters. The highest BCUT2D eigenvalue weighted by Gasteiger charge is 2.58. The molecule has 0 N–H and O–H groups in total. The Kier molecular flexibility index (Phi) is 1.19. The SMILES string of the molecule is CC1[CH]CC2C(C1)C2(C)C. The van der Waals surface area contributed by atoms with Gasteiger partial charge in [0.2, 0.25) is 0 Å². The molecular formula is C10H17. The molecule has 3 atom stereocenters. The molecule has 2 rings (SSSR count). The van der Waals surface area contributed by atoms with Crippen LogP contribution in [0.1, 0.15) is 33.6 Å². The summed E-state index contributed by atoms with van der Waals surface area (Å²) < 4.78 is 0. The smallest absolute Gasteiger partial charge is 0.0292 e. The van der Waals surface area contributed by atoms with Gasteiger partial charge in [0.15, 0.2) is 0 Å². The van der Waals surface area contributed by atoms with Crippen molar-refractivity contribution in [2.45, 2.75) is 33.6 Å². The van der Waals surface area contributed by atoms with Crippen LogP contribution < -0.4 is 0 Å². The Morgan fingerprint density at radius 2 is 2.00 bits per heavy atom. The minimum atomic E-state index is 0.696. The second-order valence-corrected chi connectivity index (χ2v) is 4.72. The third-order valence-corrected chi connectivity index (χ3v) is 3.71. The summed E-state index contributed by atoms with van der Waals surface area (Å²) in [5.74, 6) is 3.00. The summed E-state index contributed by atoms with van der Waals surface area (Å²) in [6.45, 7) is 7.20. The second-order valence-electron chi connectivity index (χ2n) is 4.72. The van der Waals surface area contributed by atoms with Gasteiger partial charge in [-0.15, -0.1) is 0 Å². The molecule has 0 heteroatoms. The lowest BCUT2D eigenvalue weighted by Crippen LogP contribution is -2.04. The van der Waals surface area contributed by atoms with E-state index in [2.05, 4.69) is 27.2 Å². The molecule has 10 heavy (non-hydrogen) atoms. The number of hydrogen-bond donors (Lipinski definition) is 0. The molecule has 2 fully saturated rings. The van der Waals surface area contributed by atoms with Crippen LogP contribution in [-0.4, -0.2) is 0 Å². The van der Waals surface area contributed by atoms with E-state index in [9.17, 15) is 0 Å². The van der Waals surface area contributed by atoms with E-state index in [1.807, 2.05) is 0 Å². The summed E-state index contributed by atoms with van der Waals surface area (Å²) in [6, 6.07) is 0. The fourth-order valence-corrected chi connectivity index (χ4v) is 2.67. The Hall–Kier alpha value is 0. The highest BCUT2D eigenvalue weighted by atomic mass is 14.6. The summed E-state index contributed by atoms with van der Waals surface area (Å²) >= 11 is 0. The fraction of sp³-hybridized carbons (Fsp3) is 0.900. The van der Waals surface area contributed by atoms with Crippen molar-refractivity contribution in [1.82, 2.24) is 0 Å². The van der Waals surface area contributed by atoms with Crippen LogP contribution in [0.15, 0.2) is 0 Å². The van der Waals surface area contributed by atoms with Gasteiger partial charge in [-0.2, -0.15) is 0 Å². The van der Waals surface area contributed by atoms with E-state index in [0.29, 0.717) is 5.41 Å². The third-order valence-electron chi connectivity index (χ3n) is 3.71. The summed E-state index contributed by atoms with van der Waals surface area (Å²) in [5.41, 5.74) is 0.696. The van der Waals surface area contributed by atoms with Crippen molar-refractivity contribution in [2.24, 2.45) is 23.2 Å². The molecule has 2 saturated carbocycles. The summed E-state index contributed by atoms with van der Waals surface area (Å²) in [4.78, 5) is 0. The van der Waals surface area contributed by atoms with Crippen molar-refractivity contribution in [1.29, 1.82) is 0 Å². The molecule has 0 aromatic heterocycles. The lowest BCUT2D eigenvalue weighted by Gasteiger charge is -2.14. The zero-order valence-corrected chi connectivity index (χ0v) is 7.22. The van der Waals surface area contributed by atoms with Gasteiger partial charge in [-0.1, -0.05) is 20.8 Å². The Morgan fingerprint density at radius 1 is 1.30 bits per heavy atom. The molecule has 2 aliphatic carbocycles. The van der Waals surface area contributed by atoms with E-state index in [1.54, 1.807) is 0 Å². The highest BCUT2D eigenvalue weighted by Crippen LogP contribution is 2.65. The van der Waals surface area contributed by atoms with Crippen LogP contribution in [0.25, 0.3) is 0 Å². The maximum absolute atomic E-state index is 2.51. The van der Waals surface area contributed by atoms with Crippen LogP contribution >= 0.6 is 0 Å². The predicted molar refractivity (Wildman–Crippen MR) is 43.5 cm³/mol. The van der Waals surface area contributed by atoms with Crippen molar-refractivity contribution in [3.63, 3.8) is 0 Å². The van der Waals surface area contributed by atoms with E-state index in [-0.39, 0.29) is 0 Å². The average molecular weight is 137 g/mol. The lowest BCUT2D eigenvalue weighted by molar-refractivity contribution is 0.447. The Balaban J connectivity index is 2.04. The van der Waals surface area contributed by atoms with Gasteiger partial charge in [0.1, 0.15) is 0 Å². The first kappa shape index (κ1) is 6.69. The van der Waals surface area contributed by atoms with Crippen molar-refractivity contribution in [2.75, 3.05) is 0 Å². The van der Waals surface area contributed by atoms with Crippen molar-refractivity contribution in [3.8, 4) is 0 Å². The zero-order chi connectivity index (χ0) is 7.35. The van der Waals surface area contributed by atoms with Crippen LogP contribution in [0.2, 0.25) is 0 Å². The predicted octanol–water partition coefficient (Wildman–Crippen LogP) is 2.89. The minimum absolute atomic E-state index is 0.696. The van der Waals surface area contributed by atoms with Gasteiger partial charge >= 0.3 is 0 Å². The van der Waals surface area contributed by atoms with Crippen LogP contribution in [0, 0.1) is 29.6 Å². The van der Waals surface area contributed by atoms with Crippen molar-refractivity contribution in [3.05, 3.63) is 6.42 Å². The molecule has 0 heterocycles. The van der Waals surface area contributed by atoms with Gasteiger partial charge in [-0.3, -0.25) is 0 Å². The standard InChI is InChI=1S/C10H17/c1-7-4-5-8-9(6-7)10(8,2)3/h4,7-9H,5-6H2,1-3H3. The van der Waals surface area contributed by atoms with Crippen LogP contribution in [0.5, 0.6) is 0 Å². The molecule has 0 spiro atoms. The largest absolute Gasteiger partial charge is 0.0622 e. The number of fused-ring (bicyclic) bond motifs is 1. The summed E-state index contributed by atoms with van der Waals surface area (Å²) in [6.07, 6.45) is 5.35. The third kappa shape index (κ3) is 0.741. The molecule has 57 valence electrons. The fourth-order valence-electron chi connectivity index (χ4n) is 2.67. The molecule has 0 aromatic rings. The number of hydrogen-bond acceptors (Lipinski definition) is 0. The second kappa shape index (κ2) is 1.78. The van der Waals surface area contributed by atoms with E-state index in [1.165, 1.54) is 12.8 Å². The Morgan fingerprint density at radius 3 is 2.50 bits per heavy atom.